The molecule has 88 valence electrons. The predicted octanol–water partition coefficient (Wildman–Crippen LogP) is 3.74. The third-order valence-electron chi connectivity index (χ3n) is 3.32. The summed E-state index contributed by atoms with van der Waals surface area (Å²) in [5.41, 5.74) is 1.48. The van der Waals surface area contributed by atoms with Crippen LogP contribution in [0.4, 0.5) is 0 Å². The Morgan fingerprint density at radius 2 is 2.31 bits per heavy atom. The Morgan fingerprint density at radius 3 is 2.75 bits per heavy atom. The molecule has 0 aromatic carbocycles. The van der Waals surface area contributed by atoms with Gasteiger partial charge in [-0.25, -0.2) is 0 Å². The van der Waals surface area contributed by atoms with Gasteiger partial charge in [0.15, 0.2) is 0 Å². The van der Waals surface area contributed by atoms with Gasteiger partial charge in [0.25, 0.3) is 5.91 Å². The molecule has 1 fully saturated rings. The molecule has 0 atom stereocenters. The molecule has 0 bridgehead atoms. The van der Waals surface area contributed by atoms with Crippen molar-refractivity contribution in [2.45, 2.75) is 33.1 Å². The lowest BCUT2D eigenvalue weighted by atomic mass is 9.70. The molecular weight excluding hydrogens is 286 g/mol. The molecule has 16 heavy (non-hydrogen) atoms. The van der Waals surface area contributed by atoms with Crippen molar-refractivity contribution < 1.29 is 4.79 Å². The standard InChI is InChI=1S/C12H16BrNOS/c1-8-6-9(16-10(8)13)11(15)14-7-12(2)4-3-5-12/h6H,3-5,7H2,1-2H3,(H,14,15). The number of halogens is 1. The van der Waals surface area contributed by atoms with Gasteiger partial charge in [-0.05, 0) is 52.7 Å². The molecule has 0 saturated heterocycles. The summed E-state index contributed by atoms with van der Waals surface area (Å²) in [6, 6.07) is 1.94. The normalized spacial score (nSPS) is 17.9. The monoisotopic (exact) mass is 301 g/mol. The van der Waals surface area contributed by atoms with Crippen LogP contribution in [0.2, 0.25) is 0 Å². The summed E-state index contributed by atoms with van der Waals surface area (Å²) in [5.74, 6) is 0.0620. The summed E-state index contributed by atoms with van der Waals surface area (Å²) in [6.45, 7) is 5.05. The zero-order valence-electron chi connectivity index (χ0n) is 9.60. The highest BCUT2D eigenvalue weighted by Crippen LogP contribution is 2.39. The van der Waals surface area contributed by atoms with Crippen molar-refractivity contribution in [1.82, 2.24) is 5.32 Å². The smallest absolute Gasteiger partial charge is 0.261 e. The molecule has 1 amide bonds. The van der Waals surface area contributed by atoms with E-state index in [1.54, 1.807) is 0 Å². The minimum atomic E-state index is 0.0620. The zero-order valence-corrected chi connectivity index (χ0v) is 12.0. The van der Waals surface area contributed by atoms with E-state index in [-0.39, 0.29) is 5.91 Å². The molecule has 2 nitrogen and oxygen atoms in total. The number of hydrogen-bond donors (Lipinski definition) is 1. The first kappa shape index (κ1) is 12.1. The Bertz CT molecular complexity index is 390. The minimum Gasteiger partial charge on any atom is -0.351 e. The molecule has 1 aliphatic carbocycles. The second-order valence-electron chi connectivity index (χ2n) is 4.91. The van der Waals surface area contributed by atoms with E-state index in [1.165, 1.54) is 30.6 Å². The first-order valence-corrected chi connectivity index (χ1v) is 7.15. The fourth-order valence-corrected chi connectivity index (χ4v) is 3.36. The molecule has 1 aromatic heterocycles. The lowest BCUT2D eigenvalue weighted by Crippen LogP contribution is -2.39. The Hall–Kier alpha value is -0.350. The SMILES string of the molecule is Cc1cc(C(=O)NCC2(C)CCC2)sc1Br. The van der Waals surface area contributed by atoms with Crippen molar-refractivity contribution >= 4 is 33.2 Å². The van der Waals surface area contributed by atoms with Gasteiger partial charge in [-0.15, -0.1) is 11.3 Å². The molecule has 1 saturated carbocycles. The van der Waals surface area contributed by atoms with Crippen molar-refractivity contribution in [3.8, 4) is 0 Å². The van der Waals surface area contributed by atoms with Crippen LogP contribution in [0.5, 0.6) is 0 Å². The summed E-state index contributed by atoms with van der Waals surface area (Å²) in [7, 11) is 0. The van der Waals surface area contributed by atoms with E-state index in [9.17, 15) is 4.79 Å². The molecule has 4 heteroatoms. The van der Waals surface area contributed by atoms with Crippen molar-refractivity contribution in [2.24, 2.45) is 5.41 Å². The van der Waals surface area contributed by atoms with Gasteiger partial charge in [0.1, 0.15) is 0 Å². The van der Waals surface area contributed by atoms with Crippen LogP contribution in [-0.4, -0.2) is 12.5 Å². The number of carbonyl (C=O) groups excluding carboxylic acids is 1. The van der Waals surface area contributed by atoms with Crippen LogP contribution in [0.15, 0.2) is 9.85 Å². The first-order chi connectivity index (χ1) is 7.50. The van der Waals surface area contributed by atoms with Crippen LogP contribution in [-0.2, 0) is 0 Å². The highest BCUT2D eigenvalue weighted by atomic mass is 79.9. The van der Waals surface area contributed by atoms with Crippen LogP contribution in [0.3, 0.4) is 0 Å². The summed E-state index contributed by atoms with van der Waals surface area (Å²) < 4.78 is 1.05. The Kier molecular flexibility index (Phi) is 3.40. The third kappa shape index (κ3) is 2.48. The first-order valence-electron chi connectivity index (χ1n) is 5.54. The molecule has 1 N–H and O–H groups in total. The van der Waals surface area contributed by atoms with Crippen molar-refractivity contribution in [1.29, 1.82) is 0 Å². The van der Waals surface area contributed by atoms with Gasteiger partial charge in [0.05, 0.1) is 8.66 Å². The summed E-state index contributed by atoms with van der Waals surface area (Å²) in [6.07, 6.45) is 3.77. The lowest BCUT2D eigenvalue weighted by Gasteiger charge is -2.38. The van der Waals surface area contributed by atoms with E-state index in [0.717, 1.165) is 20.8 Å². The maximum absolute atomic E-state index is 11.9. The van der Waals surface area contributed by atoms with Gasteiger partial charge >= 0.3 is 0 Å². The second kappa shape index (κ2) is 4.49. The Morgan fingerprint density at radius 1 is 1.62 bits per heavy atom. The third-order valence-corrected chi connectivity index (χ3v) is 5.45. The second-order valence-corrected chi connectivity index (χ2v) is 7.28. The van der Waals surface area contributed by atoms with Crippen LogP contribution in [0.25, 0.3) is 0 Å². The number of hydrogen-bond acceptors (Lipinski definition) is 2. The van der Waals surface area contributed by atoms with Crippen LogP contribution in [0, 0.1) is 12.3 Å². The van der Waals surface area contributed by atoms with Gasteiger partial charge in [-0.2, -0.15) is 0 Å². The molecular formula is C12H16BrNOS. The van der Waals surface area contributed by atoms with Crippen LogP contribution < -0.4 is 5.32 Å². The quantitative estimate of drug-likeness (QED) is 0.905. The van der Waals surface area contributed by atoms with E-state index in [0.29, 0.717) is 5.41 Å². The summed E-state index contributed by atoms with van der Waals surface area (Å²) in [4.78, 5) is 12.7. The maximum Gasteiger partial charge on any atom is 0.261 e. The van der Waals surface area contributed by atoms with Gasteiger partial charge in [-0.3, -0.25) is 4.79 Å². The van der Waals surface area contributed by atoms with E-state index in [1.807, 2.05) is 13.0 Å². The molecule has 1 heterocycles. The highest BCUT2D eigenvalue weighted by molar-refractivity contribution is 9.11. The summed E-state index contributed by atoms with van der Waals surface area (Å²) >= 11 is 4.94. The van der Waals surface area contributed by atoms with Crippen LogP contribution >= 0.6 is 27.3 Å². The highest BCUT2D eigenvalue weighted by Gasteiger charge is 2.32. The predicted molar refractivity (Wildman–Crippen MR) is 71.0 cm³/mol. The minimum absolute atomic E-state index is 0.0620. The average molecular weight is 302 g/mol. The van der Waals surface area contributed by atoms with E-state index in [4.69, 9.17) is 0 Å². The fraction of sp³-hybridized carbons (Fsp3) is 0.583. The van der Waals surface area contributed by atoms with E-state index >= 15 is 0 Å². The van der Waals surface area contributed by atoms with Crippen molar-refractivity contribution in [3.63, 3.8) is 0 Å². The van der Waals surface area contributed by atoms with E-state index in [2.05, 4.69) is 28.2 Å². The number of thiophene rings is 1. The van der Waals surface area contributed by atoms with Gasteiger partial charge < -0.3 is 5.32 Å². The van der Waals surface area contributed by atoms with Gasteiger partial charge in [0, 0.05) is 6.54 Å². The number of nitrogens with one attached hydrogen (secondary N) is 1. The molecule has 1 aliphatic rings. The molecule has 0 radical (unpaired) electrons. The van der Waals surface area contributed by atoms with E-state index < -0.39 is 0 Å². The topological polar surface area (TPSA) is 29.1 Å². The number of amides is 1. The Labute approximate surface area is 109 Å². The van der Waals surface area contributed by atoms with Gasteiger partial charge in [0.2, 0.25) is 0 Å². The Balaban J connectivity index is 1.93. The largest absolute Gasteiger partial charge is 0.351 e. The number of rotatable bonds is 3. The number of carbonyl (C=O) groups is 1. The molecule has 1 aromatic rings. The van der Waals surface area contributed by atoms with Gasteiger partial charge in [-0.1, -0.05) is 13.3 Å². The fourth-order valence-electron chi connectivity index (χ4n) is 1.91. The molecule has 0 spiro atoms. The van der Waals surface area contributed by atoms with Crippen molar-refractivity contribution in [3.05, 3.63) is 20.3 Å². The zero-order chi connectivity index (χ0) is 11.8. The number of aryl methyl sites for hydroxylation is 1. The van der Waals surface area contributed by atoms with Crippen molar-refractivity contribution in [2.75, 3.05) is 6.54 Å². The van der Waals surface area contributed by atoms with Crippen LogP contribution in [0.1, 0.15) is 41.4 Å². The maximum atomic E-state index is 11.9. The average Bonchev–Trinajstić information content (AvgIpc) is 2.53. The molecule has 2 rings (SSSR count). The molecule has 0 aliphatic heterocycles. The summed E-state index contributed by atoms with van der Waals surface area (Å²) in [5, 5.41) is 3.03. The molecule has 0 unspecified atom stereocenters. The lowest BCUT2D eigenvalue weighted by molar-refractivity contribution is 0.0894.